The van der Waals surface area contributed by atoms with Crippen molar-refractivity contribution in [1.29, 1.82) is 5.26 Å². The van der Waals surface area contributed by atoms with Crippen LogP contribution in [0, 0.1) is 28.1 Å². The molecule has 41 heavy (non-hydrogen) atoms. The number of piperidine rings is 1. The summed E-state index contributed by atoms with van der Waals surface area (Å²) in [5, 5.41) is 30.1. The third kappa shape index (κ3) is 8.31. The molecule has 1 aliphatic carbocycles. The molecular formula is C31H45ClN6O3. The molecule has 1 aromatic heterocycles. The first-order valence-corrected chi connectivity index (χ1v) is 14.9. The molecule has 0 bridgehead atoms. The van der Waals surface area contributed by atoms with Crippen LogP contribution in [0.3, 0.4) is 0 Å². The van der Waals surface area contributed by atoms with Crippen LogP contribution < -0.4 is 10.2 Å². The van der Waals surface area contributed by atoms with Crippen molar-refractivity contribution in [2.45, 2.75) is 73.0 Å². The molecule has 9 nitrogen and oxygen atoms in total. The minimum atomic E-state index is -0.124. The topological polar surface area (TPSA) is 126 Å². The summed E-state index contributed by atoms with van der Waals surface area (Å²) < 4.78 is 0. The number of nitriles is 1. The molecule has 0 radical (unpaired) electrons. The quantitative estimate of drug-likeness (QED) is 0.454. The van der Waals surface area contributed by atoms with Crippen molar-refractivity contribution in [3.05, 3.63) is 46.7 Å². The summed E-state index contributed by atoms with van der Waals surface area (Å²) in [5.41, 5.74) is 1.15. The van der Waals surface area contributed by atoms with Gasteiger partial charge in [0.2, 0.25) is 5.95 Å². The van der Waals surface area contributed by atoms with Crippen molar-refractivity contribution in [2.24, 2.45) is 16.7 Å². The number of aromatic hydroxyl groups is 1. The van der Waals surface area contributed by atoms with Gasteiger partial charge in [-0.3, -0.25) is 9.69 Å². The largest absolute Gasteiger partial charge is 0.508 e. The Morgan fingerprint density at radius 2 is 1.71 bits per heavy atom. The Bertz CT molecular complexity index is 1190. The minimum Gasteiger partial charge on any atom is -0.508 e. The number of phenolic OH excluding ortho intramolecular Hbond substituents is 1. The van der Waals surface area contributed by atoms with Gasteiger partial charge in [-0.1, -0.05) is 53.1 Å². The summed E-state index contributed by atoms with van der Waals surface area (Å²) >= 11 is 5.55. The second kappa shape index (κ2) is 13.8. The molecular weight excluding hydrogens is 540 g/mol. The van der Waals surface area contributed by atoms with E-state index >= 15 is 0 Å². The molecule has 0 unspecified atom stereocenters. The third-order valence-electron chi connectivity index (χ3n) is 8.07. The highest BCUT2D eigenvalue weighted by atomic mass is 35.5. The van der Waals surface area contributed by atoms with Crippen LogP contribution in [0.4, 0.5) is 5.95 Å². The molecule has 3 heterocycles. The second-order valence-corrected chi connectivity index (χ2v) is 12.8. The number of carbonyl (C=O) groups is 1. The zero-order valence-corrected chi connectivity index (χ0v) is 25.9. The number of aliphatic hydroxyl groups excluding tert-OH is 1. The van der Waals surface area contributed by atoms with Gasteiger partial charge in [0.25, 0.3) is 5.91 Å². The predicted molar refractivity (Wildman–Crippen MR) is 162 cm³/mol. The zero-order valence-electron chi connectivity index (χ0n) is 25.2. The molecule has 10 heteroatoms. The number of β-amino-alcohol motifs (C(OH)–C–C–N with tert-alkyl or cyclic N) is 1. The van der Waals surface area contributed by atoms with E-state index in [1.807, 2.05) is 19.9 Å². The van der Waals surface area contributed by atoms with Gasteiger partial charge in [-0.05, 0) is 54.2 Å². The molecule has 0 spiro atoms. The number of anilines is 1. The molecule has 0 atom stereocenters. The molecule has 1 saturated carbocycles. The Kier molecular flexibility index (Phi) is 11.0. The molecule has 3 N–H and O–H groups in total. The number of aromatic nitrogens is 2. The highest BCUT2D eigenvalue weighted by Gasteiger charge is 2.53. The minimum absolute atomic E-state index is 0.0731. The summed E-state index contributed by atoms with van der Waals surface area (Å²) in [7, 11) is 0. The maximum atomic E-state index is 12.7. The number of rotatable bonds is 5. The van der Waals surface area contributed by atoms with E-state index in [1.54, 1.807) is 12.4 Å². The third-order valence-corrected chi connectivity index (χ3v) is 8.39. The lowest BCUT2D eigenvalue weighted by Gasteiger charge is -2.57. The summed E-state index contributed by atoms with van der Waals surface area (Å²) in [5.74, 6) is 1.38. The molecule has 5 rings (SSSR count). The zero-order chi connectivity index (χ0) is 30.4. The Labute approximate surface area is 249 Å². The highest BCUT2D eigenvalue weighted by Crippen LogP contribution is 2.53. The number of carbonyl (C=O) groups excluding carboxylic acids is 1. The van der Waals surface area contributed by atoms with Gasteiger partial charge in [0.15, 0.2) is 0 Å². The number of likely N-dealkylation sites (tertiary alicyclic amines) is 1. The standard InChI is InChI=1S/C22H35N5O2.C7H4ClNO.C2H6/c1-21(2)14-22(3,4)19(21)25-18(29)16-9-23-20(24-10-16)27-7-5-15(6-8-27)11-26-12-17(28)13-26;8-7-3-6(10)2-1-5(7)4-9;1-2/h9-10,15,17,19,28H,5-8,11-14H2,1-4H3,(H,25,29);1-3,10H;1-2H3. The van der Waals surface area contributed by atoms with E-state index < -0.39 is 0 Å². The number of halogens is 1. The first-order chi connectivity index (χ1) is 19.4. The average molecular weight is 585 g/mol. The van der Waals surface area contributed by atoms with Gasteiger partial charge in [0.1, 0.15) is 11.8 Å². The first-order valence-electron chi connectivity index (χ1n) is 14.5. The maximum Gasteiger partial charge on any atom is 0.254 e. The molecule has 2 saturated heterocycles. The molecule has 1 aromatic carbocycles. The van der Waals surface area contributed by atoms with Crippen LogP contribution in [0.15, 0.2) is 30.6 Å². The summed E-state index contributed by atoms with van der Waals surface area (Å²) in [6, 6.07) is 6.26. The molecule has 3 aliphatic rings. The van der Waals surface area contributed by atoms with Crippen molar-refractivity contribution < 1.29 is 15.0 Å². The average Bonchev–Trinajstić information content (AvgIpc) is 2.92. The van der Waals surface area contributed by atoms with Gasteiger partial charge in [0.05, 0.1) is 22.3 Å². The van der Waals surface area contributed by atoms with E-state index in [0.717, 1.165) is 52.0 Å². The van der Waals surface area contributed by atoms with E-state index in [9.17, 15) is 9.90 Å². The van der Waals surface area contributed by atoms with Crippen LogP contribution in [0.5, 0.6) is 5.75 Å². The van der Waals surface area contributed by atoms with Gasteiger partial charge in [-0.2, -0.15) is 5.26 Å². The molecule has 2 aromatic rings. The fraction of sp³-hybridized carbons (Fsp3) is 0.613. The predicted octanol–water partition coefficient (Wildman–Crippen LogP) is 4.87. The number of nitrogens with one attached hydrogen (secondary N) is 1. The van der Waals surface area contributed by atoms with Gasteiger partial charge in [-0.15, -0.1) is 0 Å². The number of aliphatic hydroxyl groups is 1. The monoisotopic (exact) mass is 584 g/mol. The lowest BCUT2D eigenvalue weighted by Crippen LogP contribution is -2.63. The van der Waals surface area contributed by atoms with Crippen LogP contribution in [-0.2, 0) is 0 Å². The van der Waals surface area contributed by atoms with Crippen molar-refractivity contribution in [2.75, 3.05) is 37.6 Å². The van der Waals surface area contributed by atoms with Crippen LogP contribution >= 0.6 is 11.6 Å². The Balaban J connectivity index is 0.000000324. The lowest BCUT2D eigenvalue weighted by atomic mass is 9.52. The maximum absolute atomic E-state index is 12.7. The number of phenols is 1. The number of amides is 1. The van der Waals surface area contributed by atoms with Crippen LogP contribution in [0.2, 0.25) is 5.02 Å². The van der Waals surface area contributed by atoms with Gasteiger partial charge in [-0.25, -0.2) is 9.97 Å². The Hall–Kier alpha value is -2.93. The van der Waals surface area contributed by atoms with Crippen LogP contribution in [0.25, 0.3) is 0 Å². The van der Waals surface area contributed by atoms with Crippen molar-refractivity contribution in [3.63, 3.8) is 0 Å². The van der Waals surface area contributed by atoms with Gasteiger partial charge in [0, 0.05) is 51.2 Å². The summed E-state index contributed by atoms with van der Waals surface area (Å²) in [6.07, 6.45) is 6.52. The van der Waals surface area contributed by atoms with E-state index in [0.29, 0.717) is 23.0 Å². The van der Waals surface area contributed by atoms with Crippen LogP contribution in [-0.4, -0.2) is 75.9 Å². The normalized spacial score (nSPS) is 20.2. The molecule has 2 aliphatic heterocycles. The van der Waals surface area contributed by atoms with Crippen LogP contribution in [0.1, 0.15) is 76.7 Å². The van der Waals surface area contributed by atoms with E-state index in [-0.39, 0.29) is 39.7 Å². The number of benzene rings is 1. The summed E-state index contributed by atoms with van der Waals surface area (Å²) in [6.45, 7) is 17.4. The fourth-order valence-corrected chi connectivity index (χ4v) is 6.70. The van der Waals surface area contributed by atoms with Crippen molar-refractivity contribution in [3.8, 4) is 11.8 Å². The molecule has 1 amide bonds. The molecule has 3 fully saturated rings. The van der Waals surface area contributed by atoms with E-state index in [2.05, 4.69) is 52.8 Å². The SMILES string of the molecule is CC.CC1(C)CC(C)(C)C1NC(=O)c1cnc(N2CCC(CN3CC(O)C3)CC2)nc1.N#Cc1ccc(O)cc1Cl. The number of hydrogen-bond acceptors (Lipinski definition) is 8. The fourth-order valence-electron chi connectivity index (χ4n) is 6.48. The van der Waals surface area contributed by atoms with E-state index in [1.165, 1.54) is 18.2 Å². The number of hydrogen-bond donors (Lipinski definition) is 3. The lowest BCUT2D eigenvalue weighted by molar-refractivity contribution is -0.0366. The second-order valence-electron chi connectivity index (χ2n) is 12.4. The molecule has 224 valence electrons. The van der Waals surface area contributed by atoms with Gasteiger partial charge >= 0.3 is 0 Å². The van der Waals surface area contributed by atoms with Gasteiger partial charge < -0.3 is 20.4 Å². The van der Waals surface area contributed by atoms with Crippen molar-refractivity contribution in [1.82, 2.24) is 20.2 Å². The van der Waals surface area contributed by atoms with E-state index in [4.69, 9.17) is 22.0 Å². The first kappa shape index (κ1) is 32.6. The Morgan fingerprint density at radius 1 is 1.12 bits per heavy atom. The highest BCUT2D eigenvalue weighted by molar-refractivity contribution is 6.31. The van der Waals surface area contributed by atoms with Crippen molar-refractivity contribution >= 4 is 23.5 Å². The smallest absolute Gasteiger partial charge is 0.254 e. The number of nitrogens with zero attached hydrogens (tertiary/aromatic N) is 5. The summed E-state index contributed by atoms with van der Waals surface area (Å²) in [4.78, 5) is 26.2. The Morgan fingerprint density at radius 3 is 2.20 bits per heavy atom.